The zero-order valence-electron chi connectivity index (χ0n) is 9.90. The molecule has 0 radical (unpaired) electrons. The molecule has 0 aromatic heterocycles. The predicted molar refractivity (Wildman–Crippen MR) is 68.8 cm³/mol. The van der Waals surface area contributed by atoms with Crippen molar-refractivity contribution in [3.63, 3.8) is 0 Å². The normalized spacial score (nSPS) is 18.4. The zero-order valence-corrected chi connectivity index (χ0v) is 10.7. The zero-order chi connectivity index (χ0) is 14.0. The Balaban J connectivity index is 2.25. The molecular weight excluding hydrogens is 274 g/mol. The quantitative estimate of drug-likeness (QED) is 0.779. The Morgan fingerprint density at radius 3 is 2.89 bits per heavy atom. The van der Waals surface area contributed by atoms with E-state index >= 15 is 0 Å². The fraction of sp³-hybridized carbons (Fsp3) is 0.333. The lowest BCUT2D eigenvalue weighted by Gasteiger charge is -2.27. The van der Waals surface area contributed by atoms with Crippen LogP contribution in [0.5, 0.6) is 0 Å². The van der Waals surface area contributed by atoms with Crippen molar-refractivity contribution in [3.8, 4) is 0 Å². The van der Waals surface area contributed by atoms with Crippen molar-refractivity contribution in [1.82, 2.24) is 10.2 Å². The lowest BCUT2D eigenvalue weighted by molar-refractivity contribution is 0.198. The molecule has 19 heavy (non-hydrogen) atoms. The first-order valence-corrected chi connectivity index (χ1v) is 6.15. The van der Waals surface area contributed by atoms with Gasteiger partial charge in [0.25, 0.3) is 0 Å². The van der Waals surface area contributed by atoms with Crippen LogP contribution < -0.4 is 5.32 Å². The summed E-state index contributed by atoms with van der Waals surface area (Å²) in [5, 5.41) is 10.7. The Kier molecular flexibility index (Phi) is 3.94. The Bertz CT molecular complexity index is 524. The number of likely N-dealkylation sites (tertiary alicyclic amines) is 1. The third-order valence-corrected chi connectivity index (χ3v) is 3.38. The van der Waals surface area contributed by atoms with E-state index in [9.17, 15) is 13.6 Å². The molecule has 0 aliphatic carbocycles. The molecular formula is C12H12F2N2O2S. The van der Waals surface area contributed by atoms with Crippen molar-refractivity contribution in [1.29, 1.82) is 0 Å². The maximum absolute atomic E-state index is 13.7. The largest absolute Gasteiger partial charge is 0.465 e. The van der Waals surface area contributed by atoms with E-state index in [0.29, 0.717) is 13.0 Å². The number of hydrogen-bond acceptors (Lipinski definition) is 2. The van der Waals surface area contributed by atoms with Gasteiger partial charge in [-0.05, 0) is 43.3 Å². The summed E-state index contributed by atoms with van der Waals surface area (Å²) in [5.74, 6) is -1.04. The summed E-state index contributed by atoms with van der Waals surface area (Å²) in [4.78, 5) is 12.1. The number of amides is 1. The predicted octanol–water partition coefficient (Wildman–Crippen LogP) is 2.65. The van der Waals surface area contributed by atoms with Gasteiger partial charge in [0.2, 0.25) is 0 Å². The molecule has 2 N–H and O–H groups in total. The van der Waals surface area contributed by atoms with Crippen LogP contribution in [0.15, 0.2) is 18.2 Å². The van der Waals surface area contributed by atoms with Gasteiger partial charge < -0.3 is 10.0 Å². The highest BCUT2D eigenvalue weighted by atomic mass is 32.1. The summed E-state index contributed by atoms with van der Waals surface area (Å²) in [6, 6.07) is 2.80. The summed E-state index contributed by atoms with van der Waals surface area (Å²) in [7, 11) is 0. The molecule has 0 spiro atoms. The minimum absolute atomic E-state index is 0.0126. The van der Waals surface area contributed by atoms with Crippen LogP contribution in [-0.2, 0) is 0 Å². The Labute approximate surface area is 114 Å². The number of hydrogen-bond donors (Lipinski definition) is 2. The highest BCUT2D eigenvalue weighted by molar-refractivity contribution is 7.80. The Morgan fingerprint density at radius 1 is 1.47 bits per heavy atom. The number of carbonyl (C=O) groups is 1. The molecule has 7 heteroatoms. The average Bonchev–Trinajstić information content (AvgIpc) is 2.80. The molecule has 1 aliphatic rings. The molecule has 1 aromatic carbocycles. The Hall–Kier alpha value is -1.76. The van der Waals surface area contributed by atoms with E-state index in [0.717, 1.165) is 24.6 Å². The van der Waals surface area contributed by atoms with Gasteiger partial charge in [-0.15, -0.1) is 0 Å². The fourth-order valence-electron chi connectivity index (χ4n) is 2.27. The van der Waals surface area contributed by atoms with Gasteiger partial charge in [-0.2, -0.15) is 0 Å². The van der Waals surface area contributed by atoms with Crippen molar-refractivity contribution < 1.29 is 18.7 Å². The molecule has 1 fully saturated rings. The number of carboxylic acid groups (broad SMARTS) is 1. The van der Waals surface area contributed by atoms with Gasteiger partial charge in [-0.1, -0.05) is 0 Å². The van der Waals surface area contributed by atoms with Crippen LogP contribution in [0.2, 0.25) is 0 Å². The standard InChI is InChI=1S/C12H12F2N2O2S/c13-7-3-4-9(14)8(6-7)10-2-1-5-16(10)11(19)15-12(17)18/h3-4,6,10H,1-2,5H2,(H,15,19)(H,17,18). The second-order valence-corrected chi connectivity index (χ2v) is 4.64. The van der Waals surface area contributed by atoms with Gasteiger partial charge in [-0.25, -0.2) is 13.6 Å². The summed E-state index contributed by atoms with van der Waals surface area (Å²) in [5.41, 5.74) is 0.201. The van der Waals surface area contributed by atoms with Gasteiger partial charge in [0.1, 0.15) is 11.6 Å². The van der Waals surface area contributed by atoms with E-state index in [4.69, 9.17) is 17.3 Å². The summed E-state index contributed by atoms with van der Waals surface area (Å²) in [6.45, 7) is 0.514. The summed E-state index contributed by atoms with van der Waals surface area (Å²) in [6.07, 6.45) is 0.0690. The van der Waals surface area contributed by atoms with E-state index < -0.39 is 23.8 Å². The van der Waals surface area contributed by atoms with Gasteiger partial charge in [0, 0.05) is 12.1 Å². The second kappa shape index (κ2) is 5.48. The van der Waals surface area contributed by atoms with Gasteiger partial charge >= 0.3 is 6.09 Å². The van der Waals surface area contributed by atoms with Crippen molar-refractivity contribution in [2.75, 3.05) is 6.54 Å². The van der Waals surface area contributed by atoms with Crippen LogP contribution in [-0.4, -0.2) is 27.8 Å². The lowest BCUT2D eigenvalue weighted by atomic mass is 10.0. The molecule has 1 atom stereocenters. The first-order chi connectivity index (χ1) is 8.99. The third kappa shape index (κ3) is 2.98. The summed E-state index contributed by atoms with van der Waals surface area (Å²) < 4.78 is 27.0. The maximum Gasteiger partial charge on any atom is 0.410 e. The lowest BCUT2D eigenvalue weighted by Crippen LogP contribution is -2.41. The molecule has 1 amide bonds. The van der Waals surface area contributed by atoms with Gasteiger partial charge in [0.05, 0.1) is 6.04 Å². The van der Waals surface area contributed by atoms with E-state index in [2.05, 4.69) is 5.32 Å². The first kappa shape index (κ1) is 13.7. The smallest absolute Gasteiger partial charge is 0.410 e. The minimum Gasteiger partial charge on any atom is -0.465 e. The van der Waals surface area contributed by atoms with E-state index in [1.54, 1.807) is 4.90 Å². The molecule has 1 aliphatic heterocycles. The minimum atomic E-state index is -1.27. The monoisotopic (exact) mass is 286 g/mol. The van der Waals surface area contributed by atoms with Crippen molar-refractivity contribution >= 4 is 23.4 Å². The highest BCUT2D eigenvalue weighted by Gasteiger charge is 2.30. The third-order valence-electron chi connectivity index (χ3n) is 3.04. The number of nitrogens with one attached hydrogen (secondary N) is 1. The van der Waals surface area contributed by atoms with Crippen LogP contribution in [0.25, 0.3) is 0 Å². The fourth-order valence-corrected chi connectivity index (χ4v) is 2.57. The van der Waals surface area contributed by atoms with Crippen LogP contribution in [0.4, 0.5) is 13.6 Å². The van der Waals surface area contributed by atoms with Crippen molar-refractivity contribution in [3.05, 3.63) is 35.4 Å². The van der Waals surface area contributed by atoms with E-state index in [1.807, 2.05) is 0 Å². The second-order valence-electron chi connectivity index (χ2n) is 4.25. The van der Waals surface area contributed by atoms with Crippen LogP contribution in [0, 0.1) is 11.6 Å². The van der Waals surface area contributed by atoms with Crippen molar-refractivity contribution in [2.24, 2.45) is 0 Å². The molecule has 1 aromatic rings. The molecule has 2 rings (SSSR count). The molecule has 0 saturated carbocycles. The first-order valence-electron chi connectivity index (χ1n) is 5.74. The van der Waals surface area contributed by atoms with E-state index in [1.165, 1.54) is 0 Å². The molecule has 102 valence electrons. The number of benzene rings is 1. The molecule has 0 bridgehead atoms. The topological polar surface area (TPSA) is 52.6 Å². The average molecular weight is 286 g/mol. The number of halogens is 2. The molecule has 4 nitrogen and oxygen atoms in total. The maximum atomic E-state index is 13.7. The van der Waals surface area contributed by atoms with Gasteiger partial charge in [-0.3, -0.25) is 5.32 Å². The van der Waals surface area contributed by atoms with E-state index in [-0.39, 0.29) is 10.7 Å². The summed E-state index contributed by atoms with van der Waals surface area (Å²) >= 11 is 4.96. The highest BCUT2D eigenvalue weighted by Crippen LogP contribution is 2.33. The molecule has 1 unspecified atom stereocenters. The van der Waals surface area contributed by atoms with Crippen LogP contribution in [0.3, 0.4) is 0 Å². The molecule has 1 heterocycles. The van der Waals surface area contributed by atoms with Crippen molar-refractivity contribution in [2.45, 2.75) is 18.9 Å². The van der Waals surface area contributed by atoms with Gasteiger partial charge in [0.15, 0.2) is 5.11 Å². The number of thiocarbonyl (C=S) groups is 1. The number of nitrogens with zero attached hydrogens (tertiary/aromatic N) is 1. The van der Waals surface area contributed by atoms with Crippen LogP contribution >= 0.6 is 12.2 Å². The number of rotatable bonds is 1. The molecule has 1 saturated heterocycles. The Morgan fingerprint density at radius 2 is 2.21 bits per heavy atom. The SMILES string of the molecule is O=C(O)NC(=S)N1CCCC1c1cc(F)ccc1F. The van der Waals surface area contributed by atoms with Crippen LogP contribution in [0.1, 0.15) is 24.4 Å².